The maximum Gasteiger partial charge on any atom is 0.330 e. The minimum atomic E-state index is -0.981. The van der Waals surface area contributed by atoms with E-state index >= 15 is 0 Å². The smallest absolute Gasteiger partial charge is 0.330 e. The molecule has 0 bridgehead atoms. The van der Waals surface area contributed by atoms with Gasteiger partial charge in [0.1, 0.15) is 6.61 Å². The fourth-order valence-corrected chi connectivity index (χ4v) is 1.26. The van der Waals surface area contributed by atoms with Crippen LogP contribution in [-0.4, -0.2) is 23.7 Å². The molecule has 94 valence electrons. The minimum absolute atomic E-state index is 0.332. The monoisotopic (exact) mass is 238 g/mol. The first-order chi connectivity index (χ1) is 8.10. The van der Waals surface area contributed by atoms with Crippen molar-refractivity contribution in [2.45, 2.75) is 25.7 Å². The zero-order chi connectivity index (χ0) is 13.1. The van der Waals surface area contributed by atoms with Gasteiger partial charge in [0.15, 0.2) is 0 Å². The number of hydrogen-bond donors (Lipinski definition) is 1. The number of esters is 1. The number of rotatable bonds is 4. The molecule has 0 saturated heterocycles. The van der Waals surface area contributed by atoms with Crippen LogP contribution in [0.3, 0.4) is 0 Å². The Kier molecular flexibility index (Phi) is 8.37. The zero-order valence-electron chi connectivity index (χ0n) is 9.85. The lowest BCUT2D eigenvalue weighted by molar-refractivity contribution is -0.137. The van der Waals surface area contributed by atoms with Gasteiger partial charge in [-0.1, -0.05) is 19.2 Å². The van der Waals surface area contributed by atoms with E-state index < -0.39 is 5.97 Å². The third kappa shape index (κ3) is 9.11. The van der Waals surface area contributed by atoms with Crippen LogP contribution in [0.2, 0.25) is 0 Å². The van der Waals surface area contributed by atoms with Crippen molar-refractivity contribution in [1.29, 1.82) is 0 Å². The van der Waals surface area contributed by atoms with E-state index in [-0.39, 0.29) is 5.97 Å². The minimum Gasteiger partial charge on any atom is -0.478 e. The molecule has 0 saturated carbocycles. The molecule has 1 aliphatic carbocycles. The fraction of sp³-hybridized carbons (Fsp3) is 0.385. The van der Waals surface area contributed by atoms with Crippen molar-refractivity contribution in [3.05, 3.63) is 37.0 Å². The normalized spacial score (nSPS) is 13.5. The first-order valence-corrected chi connectivity index (χ1v) is 5.42. The second kappa shape index (κ2) is 9.39. The van der Waals surface area contributed by atoms with Crippen molar-refractivity contribution < 1.29 is 19.4 Å². The molecule has 0 atom stereocenters. The SMILES string of the molecule is C=CC(=O)O.C=CC(=O)OCC1=CCCCC1. The maximum atomic E-state index is 10.7. The molecular weight excluding hydrogens is 220 g/mol. The van der Waals surface area contributed by atoms with Gasteiger partial charge in [0.25, 0.3) is 0 Å². The van der Waals surface area contributed by atoms with Gasteiger partial charge in [-0.25, -0.2) is 9.59 Å². The quantitative estimate of drug-likeness (QED) is 0.464. The Bertz CT molecular complexity index is 315. The van der Waals surface area contributed by atoms with Gasteiger partial charge in [0, 0.05) is 12.2 Å². The van der Waals surface area contributed by atoms with E-state index in [0.717, 1.165) is 18.9 Å². The molecule has 0 spiro atoms. The highest BCUT2D eigenvalue weighted by atomic mass is 16.5. The van der Waals surface area contributed by atoms with Crippen molar-refractivity contribution >= 4 is 11.9 Å². The third-order valence-electron chi connectivity index (χ3n) is 2.13. The molecule has 0 aromatic heterocycles. The van der Waals surface area contributed by atoms with E-state index in [1.807, 2.05) is 0 Å². The molecule has 4 heteroatoms. The van der Waals surface area contributed by atoms with Crippen LogP contribution in [-0.2, 0) is 14.3 Å². The summed E-state index contributed by atoms with van der Waals surface area (Å²) < 4.78 is 4.91. The van der Waals surface area contributed by atoms with Gasteiger partial charge >= 0.3 is 11.9 Å². The molecule has 0 radical (unpaired) electrons. The second-order valence-corrected chi connectivity index (χ2v) is 3.46. The summed E-state index contributed by atoms with van der Waals surface area (Å²) >= 11 is 0. The van der Waals surface area contributed by atoms with Crippen LogP contribution in [0.5, 0.6) is 0 Å². The number of aliphatic carboxylic acids is 1. The maximum absolute atomic E-state index is 10.7. The zero-order valence-corrected chi connectivity index (χ0v) is 9.85. The van der Waals surface area contributed by atoms with Crippen molar-refractivity contribution in [2.24, 2.45) is 0 Å². The third-order valence-corrected chi connectivity index (χ3v) is 2.13. The highest BCUT2D eigenvalue weighted by Gasteiger charge is 2.04. The molecule has 0 aromatic carbocycles. The van der Waals surface area contributed by atoms with Gasteiger partial charge in [0.05, 0.1) is 0 Å². The Balaban J connectivity index is 0.000000437. The summed E-state index contributed by atoms with van der Waals surface area (Å²) in [6, 6.07) is 0. The number of carboxylic acid groups (broad SMARTS) is 1. The lowest BCUT2D eigenvalue weighted by Gasteiger charge is -2.11. The van der Waals surface area contributed by atoms with Crippen LogP contribution in [0.4, 0.5) is 0 Å². The summed E-state index contributed by atoms with van der Waals surface area (Å²) in [6.07, 6.45) is 8.88. The van der Waals surface area contributed by atoms with Crippen molar-refractivity contribution in [2.75, 3.05) is 6.61 Å². The molecule has 1 N–H and O–H groups in total. The Morgan fingerprint density at radius 2 is 2.00 bits per heavy atom. The number of carbonyl (C=O) groups excluding carboxylic acids is 1. The molecule has 0 fully saturated rings. The molecule has 0 unspecified atom stereocenters. The molecule has 0 aliphatic heterocycles. The van der Waals surface area contributed by atoms with E-state index in [4.69, 9.17) is 9.84 Å². The van der Waals surface area contributed by atoms with E-state index in [0.29, 0.717) is 6.61 Å². The van der Waals surface area contributed by atoms with Crippen molar-refractivity contribution in [3.8, 4) is 0 Å². The molecule has 0 amide bonds. The van der Waals surface area contributed by atoms with Gasteiger partial charge in [-0.15, -0.1) is 0 Å². The molecule has 1 aliphatic rings. The van der Waals surface area contributed by atoms with Crippen molar-refractivity contribution in [1.82, 2.24) is 0 Å². The van der Waals surface area contributed by atoms with Gasteiger partial charge in [-0.2, -0.15) is 0 Å². The number of carbonyl (C=O) groups is 2. The number of ether oxygens (including phenoxy) is 1. The molecule has 0 heterocycles. The second-order valence-electron chi connectivity index (χ2n) is 3.46. The Labute approximate surface area is 101 Å². The molecule has 0 aromatic rings. The average Bonchev–Trinajstić information content (AvgIpc) is 2.37. The number of carboxylic acids is 1. The van der Waals surface area contributed by atoms with Crippen LogP contribution in [0, 0.1) is 0 Å². The summed E-state index contributed by atoms with van der Waals surface area (Å²) in [5.74, 6) is -1.31. The lowest BCUT2D eigenvalue weighted by atomic mass is 10.0. The molecule has 1 rings (SSSR count). The van der Waals surface area contributed by atoms with Gasteiger partial charge < -0.3 is 9.84 Å². The van der Waals surface area contributed by atoms with Gasteiger partial charge in [-0.05, 0) is 31.3 Å². The summed E-state index contributed by atoms with van der Waals surface area (Å²) in [5, 5.41) is 7.60. The molecular formula is C13H18O4. The van der Waals surface area contributed by atoms with Gasteiger partial charge in [0.2, 0.25) is 0 Å². The highest BCUT2D eigenvalue weighted by Crippen LogP contribution is 2.17. The first-order valence-electron chi connectivity index (χ1n) is 5.42. The fourth-order valence-electron chi connectivity index (χ4n) is 1.26. The average molecular weight is 238 g/mol. The Morgan fingerprint density at radius 3 is 2.41 bits per heavy atom. The highest BCUT2D eigenvalue weighted by molar-refractivity contribution is 5.81. The summed E-state index contributed by atoms with van der Waals surface area (Å²) in [5.41, 5.74) is 1.25. The first kappa shape index (κ1) is 15.2. The predicted octanol–water partition coefficient (Wildman–Crippen LogP) is 2.47. The summed E-state index contributed by atoms with van der Waals surface area (Å²) in [6.45, 7) is 6.74. The summed E-state index contributed by atoms with van der Waals surface area (Å²) in [7, 11) is 0. The van der Waals surface area contributed by atoms with E-state index in [1.165, 1.54) is 24.5 Å². The molecule has 17 heavy (non-hydrogen) atoms. The summed E-state index contributed by atoms with van der Waals surface area (Å²) in [4.78, 5) is 19.9. The lowest BCUT2D eigenvalue weighted by Crippen LogP contribution is -2.06. The van der Waals surface area contributed by atoms with Crippen LogP contribution >= 0.6 is 0 Å². The Hall–Kier alpha value is -1.84. The van der Waals surface area contributed by atoms with Gasteiger partial charge in [-0.3, -0.25) is 0 Å². The van der Waals surface area contributed by atoms with E-state index in [9.17, 15) is 9.59 Å². The van der Waals surface area contributed by atoms with Crippen LogP contribution in [0.25, 0.3) is 0 Å². The van der Waals surface area contributed by atoms with Crippen LogP contribution in [0.15, 0.2) is 37.0 Å². The van der Waals surface area contributed by atoms with Crippen LogP contribution in [0.1, 0.15) is 25.7 Å². The Morgan fingerprint density at radius 1 is 1.35 bits per heavy atom. The predicted molar refractivity (Wildman–Crippen MR) is 65.5 cm³/mol. The van der Waals surface area contributed by atoms with Crippen LogP contribution < -0.4 is 0 Å². The topological polar surface area (TPSA) is 63.6 Å². The standard InChI is InChI=1S/C10H14O2.C3H4O2/c1-2-10(11)12-8-9-6-4-3-5-7-9;1-2-3(4)5/h2,6H,1,3-5,7-8H2;2H,1H2,(H,4,5). The largest absolute Gasteiger partial charge is 0.478 e. The number of hydrogen-bond acceptors (Lipinski definition) is 3. The van der Waals surface area contributed by atoms with E-state index in [1.54, 1.807) is 0 Å². The van der Waals surface area contributed by atoms with Crippen molar-refractivity contribution in [3.63, 3.8) is 0 Å². The van der Waals surface area contributed by atoms with E-state index in [2.05, 4.69) is 19.2 Å². The molecule has 4 nitrogen and oxygen atoms in total. The number of allylic oxidation sites excluding steroid dienone is 1.